The minimum atomic E-state index is -1.53. The van der Waals surface area contributed by atoms with Gasteiger partial charge in [0.25, 0.3) is 0 Å². The lowest BCUT2D eigenvalue weighted by Crippen LogP contribution is -2.03. The van der Waals surface area contributed by atoms with Crippen LogP contribution in [0.2, 0.25) is 0 Å². The van der Waals surface area contributed by atoms with Gasteiger partial charge in [-0.15, -0.1) is 0 Å². The molecule has 0 aliphatic heterocycles. The second-order valence-corrected chi connectivity index (χ2v) is 2.43. The molecule has 1 rings (SSSR count). The van der Waals surface area contributed by atoms with E-state index < -0.39 is 17.5 Å². The highest BCUT2D eigenvalue weighted by Gasteiger charge is 2.08. The third-order valence-electron chi connectivity index (χ3n) is 1.45. The predicted octanol–water partition coefficient (Wildman–Crippen LogP) is 0.791. The van der Waals surface area contributed by atoms with Crippen molar-refractivity contribution in [2.45, 2.75) is 0 Å². The second kappa shape index (κ2) is 4.18. The van der Waals surface area contributed by atoms with Gasteiger partial charge < -0.3 is 10.2 Å². The molecule has 0 atom stereocenters. The summed E-state index contributed by atoms with van der Waals surface area (Å²) in [7, 11) is 0. The van der Waals surface area contributed by atoms with E-state index in [0.29, 0.717) is 6.08 Å². The summed E-state index contributed by atoms with van der Waals surface area (Å²) in [6, 6.07) is 2.85. The minimum Gasteiger partial charge on any atom is -0.502 e. The van der Waals surface area contributed by atoms with E-state index in [-0.39, 0.29) is 5.56 Å². The van der Waals surface area contributed by atoms with Crippen molar-refractivity contribution in [3.05, 3.63) is 41.9 Å². The van der Waals surface area contributed by atoms with Crippen molar-refractivity contribution in [3.63, 3.8) is 0 Å². The number of hydrogen-bond donors (Lipinski definition) is 2. The number of carbonyl (C=O) groups excluding carboxylic acids is 1. The summed E-state index contributed by atoms with van der Waals surface area (Å²) >= 11 is 0. The fourth-order valence-electron chi connectivity index (χ4n) is 0.785. The Labute approximate surface area is 79.3 Å². The highest BCUT2D eigenvalue weighted by molar-refractivity contribution is 6.07. The van der Waals surface area contributed by atoms with E-state index in [1.54, 1.807) is 0 Å². The SMILES string of the molecule is O=C(O)/C(O)=C/C(=O)c1ccncc1. The fraction of sp³-hybridized carbons (Fsp3) is 0. The zero-order valence-electron chi connectivity index (χ0n) is 7.04. The highest BCUT2D eigenvalue weighted by Crippen LogP contribution is 2.01. The number of hydrogen-bond acceptors (Lipinski definition) is 4. The molecule has 0 amide bonds. The summed E-state index contributed by atoms with van der Waals surface area (Å²) in [5, 5.41) is 17.1. The van der Waals surface area contributed by atoms with Gasteiger partial charge in [-0.05, 0) is 12.1 Å². The topological polar surface area (TPSA) is 87.5 Å². The molecule has 0 saturated heterocycles. The first-order chi connectivity index (χ1) is 6.61. The quantitative estimate of drug-likeness (QED) is 0.421. The van der Waals surface area contributed by atoms with Gasteiger partial charge in [0.2, 0.25) is 5.76 Å². The van der Waals surface area contributed by atoms with E-state index in [1.807, 2.05) is 0 Å². The number of pyridine rings is 1. The molecular weight excluding hydrogens is 186 g/mol. The molecule has 2 N–H and O–H groups in total. The van der Waals surface area contributed by atoms with Crippen LogP contribution >= 0.6 is 0 Å². The Balaban J connectivity index is 2.88. The highest BCUT2D eigenvalue weighted by atomic mass is 16.4. The summed E-state index contributed by atoms with van der Waals surface area (Å²) in [6.07, 6.45) is 3.45. The van der Waals surface area contributed by atoms with Gasteiger partial charge in [-0.25, -0.2) is 4.79 Å². The van der Waals surface area contributed by atoms with Gasteiger partial charge in [0, 0.05) is 24.0 Å². The van der Waals surface area contributed by atoms with Gasteiger partial charge >= 0.3 is 5.97 Å². The van der Waals surface area contributed by atoms with Crippen molar-refractivity contribution in [3.8, 4) is 0 Å². The van der Waals surface area contributed by atoms with Crippen LogP contribution in [-0.2, 0) is 4.79 Å². The normalized spacial score (nSPS) is 11.0. The van der Waals surface area contributed by atoms with Gasteiger partial charge in [0.1, 0.15) is 0 Å². The third-order valence-corrected chi connectivity index (χ3v) is 1.45. The van der Waals surface area contributed by atoms with Crippen LogP contribution in [0.5, 0.6) is 0 Å². The van der Waals surface area contributed by atoms with E-state index in [0.717, 1.165) is 0 Å². The Hall–Kier alpha value is -2.17. The molecule has 0 bridgehead atoms. The summed E-state index contributed by atoms with van der Waals surface area (Å²) < 4.78 is 0. The molecule has 0 aromatic carbocycles. The number of ketones is 1. The van der Waals surface area contributed by atoms with Crippen LogP contribution < -0.4 is 0 Å². The number of aliphatic hydroxyl groups excluding tert-OH is 1. The van der Waals surface area contributed by atoms with Crippen LogP contribution in [0.1, 0.15) is 10.4 Å². The predicted molar refractivity (Wildman–Crippen MR) is 46.9 cm³/mol. The lowest BCUT2D eigenvalue weighted by molar-refractivity contribution is -0.135. The first-order valence-corrected chi connectivity index (χ1v) is 3.69. The van der Waals surface area contributed by atoms with Crippen LogP contribution in [0.15, 0.2) is 36.4 Å². The number of rotatable bonds is 3. The molecule has 0 spiro atoms. The molecule has 1 aromatic heterocycles. The molecule has 5 heteroatoms. The largest absolute Gasteiger partial charge is 0.502 e. The molecule has 0 unspecified atom stereocenters. The molecule has 14 heavy (non-hydrogen) atoms. The number of carboxylic acid groups (broad SMARTS) is 1. The number of aliphatic carboxylic acids is 1. The summed E-state index contributed by atoms with van der Waals surface area (Å²) in [5.74, 6) is -3.09. The molecule has 0 saturated carbocycles. The van der Waals surface area contributed by atoms with E-state index >= 15 is 0 Å². The number of nitrogens with zero attached hydrogens (tertiary/aromatic N) is 1. The van der Waals surface area contributed by atoms with Gasteiger partial charge in [-0.1, -0.05) is 0 Å². The van der Waals surface area contributed by atoms with Crippen molar-refractivity contribution in [2.24, 2.45) is 0 Å². The molecule has 5 nitrogen and oxygen atoms in total. The summed E-state index contributed by atoms with van der Waals surface area (Å²) in [4.78, 5) is 25.1. The van der Waals surface area contributed by atoms with Crippen LogP contribution in [0, 0.1) is 0 Å². The molecule has 72 valence electrons. The Morgan fingerprint density at radius 2 is 1.79 bits per heavy atom. The Bertz CT molecular complexity index is 383. The van der Waals surface area contributed by atoms with Gasteiger partial charge in [-0.2, -0.15) is 0 Å². The zero-order valence-corrected chi connectivity index (χ0v) is 7.04. The average molecular weight is 193 g/mol. The number of carboxylic acids is 1. The lowest BCUT2D eigenvalue weighted by Gasteiger charge is -1.94. The Morgan fingerprint density at radius 3 is 2.29 bits per heavy atom. The molecule has 0 aliphatic carbocycles. The Morgan fingerprint density at radius 1 is 1.21 bits per heavy atom. The maximum Gasteiger partial charge on any atom is 0.371 e. The smallest absolute Gasteiger partial charge is 0.371 e. The number of carbonyl (C=O) groups is 2. The summed E-state index contributed by atoms with van der Waals surface area (Å²) in [5.41, 5.74) is 0.271. The van der Waals surface area contributed by atoms with Crippen LogP contribution in [0.25, 0.3) is 0 Å². The molecule has 0 radical (unpaired) electrons. The maximum absolute atomic E-state index is 11.2. The summed E-state index contributed by atoms with van der Waals surface area (Å²) in [6.45, 7) is 0. The molecule has 0 fully saturated rings. The average Bonchev–Trinajstić information content (AvgIpc) is 2.19. The Kier molecular flexibility index (Phi) is 2.96. The van der Waals surface area contributed by atoms with Gasteiger partial charge in [0.05, 0.1) is 0 Å². The fourth-order valence-corrected chi connectivity index (χ4v) is 0.785. The molecule has 0 aliphatic rings. The number of aromatic nitrogens is 1. The minimum absolute atomic E-state index is 0.271. The van der Waals surface area contributed by atoms with E-state index in [4.69, 9.17) is 10.2 Å². The second-order valence-electron chi connectivity index (χ2n) is 2.43. The van der Waals surface area contributed by atoms with Crippen LogP contribution in [0.4, 0.5) is 0 Å². The molecular formula is C9H7NO4. The molecule has 1 heterocycles. The van der Waals surface area contributed by atoms with Crippen LogP contribution in [0.3, 0.4) is 0 Å². The standard InChI is InChI=1S/C9H7NO4/c11-7(5-8(12)9(13)14)6-1-3-10-4-2-6/h1-5,12H,(H,13,14)/b8-5-. The van der Waals surface area contributed by atoms with Crippen LogP contribution in [-0.4, -0.2) is 26.9 Å². The number of aliphatic hydroxyl groups is 1. The maximum atomic E-state index is 11.2. The van der Waals surface area contributed by atoms with Crippen molar-refractivity contribution >= 4 is 11.8 Å². The lowest BCUT2D eigenvalue weighted by atomic mass is 10.1. The van der Waals surface area contributed by atoms with Crippen molar-refractivity contribution in [1.29, 1.82) is 0 Å². The van der Waals surface area contributed by atoms with E-state index in [1.165, 1.54) is 24.5 Å². The molecule has 1 aromatic rings. The van der Waals surface area contributed by atoms with Crippen molar-refractivity contribution in [2.75, 3.05) is 0 Å². The van der Waals surface area contributed by atoms with Crippen molar-refractivity contribution in [1.82, 2.24) is 4.98 Å². The van der Waals surface area contributed by atoms with Gasteiger partial charge in [0.15, 0.2) is 5.78 Å². The third kappa shape index (κ3) is 2.41. The van der Waals surface area contributed by atoms with E-state index in [9.17, 15) is 9.59 Å². The van der Waals surface area contributed by atoms with Crippen molar-refractivity contribution < 1.29 is 19.8 Å². The number of allylic oxidation sites excluding steroid dienone is 1. The monoisotopic (exact) mass is 193 g/mol. The zero-order chi connectivity index (χ0) is 10.6. The first-order valence-electron chi connectivity index (χ1n) is 3.69. The van der Waals surface area contributed by atoms with E-state index in [2.05, 4.69) is 4.98 Å². The van der Waals surface area contributed by atoms with Gasteiger partial charge in [-0.3, -0.25) is 9.78 Å². The first kappa shape index (κ1) is 9.91.